The smallest absolute Gasteiger partial charge is 0.305 e. The van der Waals surface area contributed by atoms with Gasteiger partial charge in [0.15, 0.2) is 0 Å². The van der Waals surface area contributed by atoms with Gasteiger partial charge in [-0.3, -0.25) is 9.59 Å². The van der Waals surface area contributed by atoms with E-state index in [1.54, 1.807) is 0 Å². The van der Waals surface area contributed by atoms with Crippen LogP contribution in [0.3, 0.4) is 0 Å². The van der Waals surface area contributed by atoms with Crippen LogP contribution in [0.5, 0.6) is 0 Å². The van der Waals surface area contributed by atoms with Crippen LogP contribution in [0.2, 0.25) is 0 Å². The molecule has 2 rings (SSSR count). The first-order valence-electron chi connectivity index (χ1n) is 7.10. The molecule has 1 aromatic rings. The molecule has 0 aliphatic carbocycles. The molecule has 0 bridgehead atoms. The fourth-order valence-electron chi connectivity index (χ4n) is 2.18. The van der Waals surface area contributed by atoms with Gasteiger partial charge in [-0.05, 0) is 32.4 Å². The van der Waals surface area contributed by atoms with E-state index in [0.717, 1.165) is 30.9 Å². The monoisotopic (exact) mass is 348 g/mol. The second-order valence-electron chi connectivity index (χ2n) is 4.94. The van der Waals surface area contributed by atoms with Crippen molar-refractivity contribution >= 4 is 40.8 Å². The minimum absolute atomic E-state index is 0. The standard InChI is InChI=1S/C13H20N4O3S.ClH/c1-20-11(18)4-2-3-10-16-17-13(21-10)15-12(19)9-5-7-14-8-6-9;/h9,14H,2-8H2,1H3,(H,15,17,19);1H. The van der Waals surface area contributed by atoms with E-state index < -0.39 is 0 Å². The van der Waals surface area contributed by atoms with Crippen molar-refractivity contribution in [2.75, 3.05) is 25.5 Å². The molecule has 2 N–H and O–H groups in total. The first-order valence-corrected chi connectivity index (χ1v) is 7.91. The van der Waals surface area contributed by atoms with Crippen molar-refractivity contribution in [1.29, 1.82) is 0 Å². The van der Waals surface area contributed by atoms with Gasteiger partial charge in [0.1, 0.15) is 5.01 Å². The molecule has 0 radical (unpaired) electrons. The van der Waals surface area contributed by atoms with E-state index in [0.29, 0.717) is 24.4 Å². The lowest BCUT2D eigenvalue weighted by molar-refractivity contribution is -0.140. The summed E-state index contributed by atoms with van der Waals surface area (Å²) in [4.78, 5) is 23.1. The number of rotatable bonds is 6. The number of ether oxygens (including phenoxy) is 1. The van der Waals surface area contributed by atoms with Crippen LogP contribution in [0.15, 0.2) is 0 Å². The zero-order chi connectivity index (χ0) is 15.1. The van der Waals surface area contributed by atoms with E-state index in [-0.39, 0.29) is 30.2 Å². The molecule has 0 atom stereocenters. The number of hydrogen-bond donors (Lipinski definition) is 2. The molecule has 1 amide bonds. The maximum atomic E-state index is 12.1. The Balaban J connectivity index is 0.00000242. The van der Waals surface area contributed by atoms with Gasteiger partial charge in [-0.1, -0.05) is 11.3 Å². The van der Waals surface area contributed by atoms with Gasteiger partial charge in [-0.25, -0.2) is 0 Å². The van der Waals surface area contributed by atoms with E-state index in [1.165, 1.54) is 18.4 Å². The third-order valence-corrected chi connectivity index (χ3v) is 4.30. The largest absolute Gasteiger partial charge is 0.469 e. The number of nitrogens with one attached hydrogen (secondary N) is 2. The Morgan fingerprint density at radius 3 is 2.77 bits per heavy atom. The molecule has 0 unspecified atom stereocenters. The third-order valence-electron chi connectivity index (χ3n) is 3.41. The Kier molecular flexibility index (Phi) is 8.29. The molecular formula is C13H21ClN4O3S. The molecule has 1 fully saturated rings. The fourth-order valence-corrected chi connectivity index (χ4v) is 2.97. The van der Waals surface area contributed by atoms with Crippen LogP contribution in [0.4, 0.5) is 5.13 Å². The summed E-state index contributed by atoms with van der Waals surface area (Å²) in [6.07, 6.45) is 3.42. The van der Waals surface area contributed by atoms with E-state index in [9.17, 15) is 9.59 Å². The summed E-state index contributed by atoms with van der Waals surface area (Å²) >= 11 is 1.36. The number of methoxy groups -OCH3 is 1. The first kappa shape index (κ1) is 18.8. The number of anilines is 1. The number of carbonyl (C=O) groups excluding carboxylic acids is 2. The summed E-state index contributed by atoms with van der Waals surface area (Å²) < 4.78 is 4.58. The molecule has 0 spiro atoms. The number of hydrogen-bond acceptors (Lipinski definition) is 7. The third kappa shape index (κ3) is 5.86. The molecule has 1 aliphatic rings. The number of aromatic nitrogens is 2. The fraction of sp³-hybridized carbons (Fsp3) is 0.692. The lowest BCUT2D eigenvalue weighted by Gasteiger charge is -2.20. The van der Waals surface area contributed by atoms with Gasteiger partial charge in [0.2, 0.25) is 11.0 Å². The normalized spacial score (nSPS) is 15.0. The van der Waals surface area contributed by atoms with Crippen molar-refractivity contribution in [2.45, 2.75) is 32.1 Å². The zero-order valence-electron chi connectivity index (χ0n) is 12.5. The van der Waals surface area contributed by atoms with Crippen LogP contribution < -0.4 is 10.6 Å². The highest BCUT2D eigenvalue weighted by molar-refractivity contribution is 7.15. The molecule has 124 valence electrons. The predicted octanol–water partition coefficient (Wildman–Crippen LogP) is 1.39. The maximum absolute atomic E-state index is 12.1. The van der Waals surface area contributed by atoms with Gasteiger partial charge >= 0.3 is 5.97 Å². The summed E-state index contributed by atoms with van der Waals surface area (Å²) in [5, 5.41) is 15.4. The van der Waals surface area contributed by atoms with E-state index in [1.807, 2.05) is 0 Å². The average molecular weight is 349 g/mol. The number of esters is 1. The summed E-state index contributed by atoms with van der Waals surface area (Å²) in [7, 11) is 1.38. The van der Waals surface area contributed by atoms with Gasteiger partial charge in [0.05, 0.1) is 7.11 Å². The van der Waals surface area contributed by atoms with Crippen molar-refractivity contribution < 1.29 is 14.3 Å². The SMILES string of the molecule is COC(=O)CCCc1nnc(NC(=O)C2CCNCC2)s1.Cl. The summed E-state index contributed by atoms with van der Waals surface area (Å²) in [5.41, 5.74) is 0. The van der Waals surface area contributed by atoms with Crippen LogP contribution in [0, 0.1) is 5.92 Å². The molecule has 22 heavy (non-hydrogen) atoms. The van der Waals surface area contributed by atoms with Crippen LogP contribution >= 0.6 is 23.7 Å². The molecule has 0 saturated carbocycles. The number of halogens is 1. The number of amides is 1. The molecule has 0 aromatic carbocycles. The number of piperidine rings is 1. The summed E-state index contributed by atoms with van der Waals surface area (Å²) in [5.74, 6) is -0.148. The Hall–Kier alpha value is -1.25. The van der Waals surface area contributed by atoms with E-state index in [4.69, 9.17) is 0 Å². The first-order chi connectivity index (χ1) is 10.2. The van der Waals surface area contributed by atoms with Gasteiger partial charge in [-0.15, -0.1) is 22.6 Å². The minimum atomic E-state index is -0.223. The van der Waals surface area contributed by atoms with Gasteiger partial charge in [-0.2, -0.15) is 0 Å². The van der Waals surface area contributed by atoms with Crippen molar-refractivity contribution in [1.82, 2.24) is 15.5 Å². The lowest BCUT2D eigenvalue weighted by Crippen LogP contribution is -2.34. The van der Waals surface area contributed by atoms with Crippen molar-refractivity contribution in [3.05, 3.63) is 5.01 Å². The topological polar surface area (TPSA) is 93.2 Å². The number of carbonyl (C=O) groups is 2. The average Bonchev–Trinajstić information content (AvgIpc) is 2.95. The highest BCUT2D eigenvalue weighted by Crippen LogP contribution is 2.20. The Bertz CT molecular complexity index is 491. The molecule has 1 saturated heterocycles. The van der Waals surface area contributed by atoms with E-state index in [2.05, 4.69) is 25.6 Å². The van der Waals surface area contributed by atoms with E-state index >= 15 is 0 Å². The van der Waals surface area contributed by atoms with Gasteiger partial charge in [0, 0.05) is 18.8 Å². The lowest BCUT2D eigenvalue weighted by atomic mass is 9.97. The Labute approximate surface area is 139 Å². The Morgan fingerprint density at radius 2 is 2.09 bits per heavy atom. The molecule has 2 heterocycles. The van der Waals surface area contributed by atoms with Crippen molar-refractivity contribution in [3.8, 4) is 0 Å². The van der Waals surface area contributed by atoms with Gasteiger partial charge in [0.25, 0.3) is 0 Å². The summed E-state index contributed by atoms with van der Waals surface area (Å²) in [6.45, 7) is 1.76. The second kappa shape index (κ2) is 9.70. The zero-order valence-corrected chi connectivity index (χ0v) is 14.1. The quantitative estimate of drug-likeness (QED) is 0.755. The number of nitrogens with zero attached hydrogens (tertiary/aromatic N) is 2. The van der Waals surface area contributed by atoms with Crippen LogP contribution in [-0.2, 0) is 20.7 Å². The van der Waals surface area contributed by atoms with Crippen molar-refractivity contribution in [2.24, 2.45) is 5.92 Å². The minimum Gasteiger partial charge on any atom is -0.469 e. The molecule has 1 aliphatic heterocycles. The van der Waals surface area contributed by atoms with Crippen LogP contribution in [0.1, 0.15) is 30.7 Å². The van der Waals surface area contributed by atoms with Crippen molar-refractivity contribution in [3.63, 3.8) is 0 Å². The molecule has 9 heteroatoms. The molecular weight excluding hydrogens is 328 g/mol. The second-order valence-corrected chi connectivity index (χ2v) is 6.01. The Morgan fingerprint density at radius 1 is 1.36 bits per heavy atom. The summed E-state index contributed by atoms with van der Waals surface area (Å²) in [6, 6.07) is 0. The van der Waals surface area contributed by atoms with Crippen LogP contribution in [0.25, 0.3) is 0 Å². The predicted molar refractivity (Wildman–Crippen MR) is 86.3 cm³/mol. The molecule has 1 aromatic heterocycles. The van der Waals surface area contributed by atoms with Crippen LogP contribution in [-0.4, -0.2) is 42.3 Å². The highest BCUT2D eigenvalue weighted by Gasteiger charge is 2.21. The highest BCUT2D eigenvalue weighted by atomic mass is 35.5. The molecule has 7 nitrogen and oxygen atoms in total. The van der Waals surface area contributed by atoms with Gasteiger partial charge < -0.3 is 15.4 Å². The number of aryl methyl sites for hydroxylation is 1. The maximum Gasteiger partial charge on any atom is 0.305 e.